The number of rotatable bonds is 6. The number of nitrogens with zero attached hydrogens (tertiary/aromatic N) is 2. The van der Waals surface area contributed by atoms with Gasteiger partial charge in [-0.2, -0.15) is 0 Å². The van der Waals surface area contributed by atoms with Crippen LogP contribution in [0.15, 0.2) is 30.6 Å². The second kappa shape index (κ2) is 7.04. The summed E-state index contributed by atoms with van der Waals surface area (Å²) in [5, 5.41) is 0. The number of pyridine rings is 2. The van der Waals surface area contributed by atoms with Crippen molar-refractivity contribution in [3.05, 3.63) is 42.1 Å². The van der Waals surface area contributed by atoms with E-state index in [1.54, 1.807) is 18.3 Å². The molecular formula is C18H24FN3O. The van der Waals surface area contributed by atoms with Gasteiger partial charge < -0.3 is 10.5 Å². The summed E-state index contributed by atoms with van der Waals surface area (Å²) in [6, 6.07) is 5.16. The van der Waals surface area contributed by atoms with Crippen LogP contribution in [0, 0.1) is 18.7 Å². The summed E-state index contributed by atoms with van der Waals surface area (Å²) < 4.78 is 19.6. The molecule has 0 aliphatic carbocycles. The monoisotopic (exact) mass is 317 g/mol. The molecule has 0 aliphatic rings. The van der Waals surface area contributed by atoms with Crippen molar-refractivity contribution in [1.82, 2.24) is 9.97 Å². The molecule has 2 aromatic heterocycles. The highest BCUT2D eigenvalue weighted by molar-refractivity contribution is 5.60. The summed E-state index contributed by atoms with van der Waals surface area (Å²) >= 11 is 0. The van der Waals surface area contributed by atoms with Crippen LogP contribution in [0.2, 0.25) is 0 Å². The standard InChI is InChI=1S/C18H24FN3O/c1-12(2)9-18(4,20)11-23-17-6-5-16(22-13(17)3)14-7-8-21-10-15(14)19/h5-8,10,12H,9,11,20H2,1-4H3/t18-/m0/s1. The van der Waals surface area contributed by atoms with Crippen molar-refractivity contribution in [2.24, 2.45) is 11.7 Å². The van der Waals surface area contributed by atoms with Crippen molar-refractivity contribution in [3.63, 3.8) is 0 Å². The zero-order valence-corrected chi connectivity index (χ0v) is 14.1. The lowest BCUT2D eigenvalue weighted by Crippen LogP contribution is -2.43. The third-order valence-corrected chi connectivity index (χ3v) is 3.52. The van der Waals surface area contributed by atoms with Gasteiger partial charge in [0.1, 0.15) is 12.4 Å². The topological polar surface area (TPSA) is 61.0 Å². The van der Waals surface area contributed by atoms with Crippen molar-refractivity contribution >= 4 is 0 Å². The van der Waals surface area contributed by atoms with Gasteiger partial charge in [0.15, 0.2) is 5.82 Å². The Morgan fingerprint density at radius 1 is 1.30 bits per heavy atom. The summed E-state index contributed by atoms with van der Waals surface area (Å²) in [5.74, 6) is 0.785. The van der Waals surface area contributed by atoms with E-state index in [2.05, 4.69) is 23.8 Å². The lowest BCUT2D eigenvalue weighted by atomic mass is 9.93. The summed E-state index contributed by atoms with van der Waals surface area (Å²) in [4.78, 5) is 8.18. The second-order valence-corrected chi connectivity index (χ2v) is 6.68. The van der Waals surface area contributed by atoms with Gasteiger partial charge >= 0.3 is 0 Å². The van der Waals surface area contributed by atoms with Crippen LogP contribution in [-0.2, 0) is 0 Å². The molecule has 5 heteroatoms. The first kappa shape index (κ1) is 17.3. The first-order valence-electron chi connectivity index (χ1n) is 7.78. The molecule has 0 radical (unpaired) electrons. The van der Waals surface area contributed by atoms with E-state index in [9.17, 15) is 4.39 Å². The van der Waals surface area contributed by atoms with Gasteiger partial charge in [0.25, 0.3) is 0 Å². The molecule has 1 atom stereocenters. The molecule has 2 heterocycles. The number of hydrogen-bond acceptors (Lipinski definition) is 4. The Morgan fingerprint density at radius 3 is 2.65 bits per heavy atom. The minimum Gasteiger partial charge on any atom is -0.490 e. The van der Waals surface area contributed by atoms with Crippen LogP contribution < -0.4 is 10.5 Å². The maximum absolute atomic E-state index is 13.8. The third kappa shape index (κ3) is 4.73. The van der Waals surface area contributed by atoms with Crippen LogP contribution in [0.5, 0.6) is 5.75 Å². The minimum atomic E-state index is -0.392. The fourth-order valence-corrected chi connectivity index (χ4v) is 2.67. The van der Waals surface area contributed by atoms with E-state index in [-0.39, 0.29) is 5.82 Å². The van der Waals surface area contributed by atoms with E-state index < -0.39 is 5.54 Å². The molecule has 0 saturated carbocycles. The number of halogens is 1. The first-order chi connectivity index (χ1) is 10.8. The number of aryl methyl sites for hydroxylation is 1. The Hall–Kier alpha value is -2.01. The molecule has 2 rings (SSSR count). The average molecular weight is 317 g/mol. The fourth-order valence-electron chi connectivity index (χ4n) is 2.67. The number of aromatic nitrogens is 2. The molecule has 23 heavy (non-hydrogen) atoms. The smallest absolute Gasteiger partial charge is 0.150 e. The van der Waals surface area contributed by atoms with Crippen LogP contribution in [0.4, 0.5) is 4.39 Å². The third-order valence-electron chi connectivity index (χ3n) is 3.52. The second-order valence-electron chi connectivity index (χ2n) is 6.68. The molecule has 0 amide bonds. The van der Waals surface area contributed by atoms with Crippen molar-refractivity contribution in [1.29, 1.82) is 0 Å². The van der Waals surface area contributed by atoms with E-state index in [1.807, 2.05) is 19.9 Å². The average Bonchev–Trinajstić information content (AvgIpc) is 2.45. The van der Waals surface area contributed by atoms with E-state index in [0.717, 1.165) is 6.42 Å². The largest absolute Gasteiger partial charge is 0.490 e. The molecule has 4 nitrogen and oxygen atoms in total. The molecule has 2 N–H and O–H groups in total. The van der Waals surface area contributed by atoms with Gasteiger partial charge in [-0.1, -0.05) is 13.8 Å². The Morgan fingerprint density at radius 2 is 2.04 bits per heavy atom. The van der Waals surface area contributed by atoms with Crippen molar-refractivity contribution in [2.45, 2.75) is 39.7 Å². The highest BCUT2D eigenvalue weighted by atomic mass is 19.1. The molecule has 124 valence electrons. The van der Waals surface area contributed by atoms with Crippen molar-refractivity contribution < 1.29 is 9.13 Å². The fraction of sp³-hybridized carbons (Fsp3) is 0.444. The maximum atomic E-state index is 13.8. The van der Waals surface area contributed by atoms with Crippen LogP contribution in [0.1, 0.15) is 32.9 Å². The van der Waals surface area contributed by atoms with Gasteiger partial charge in [-0.15, -0.1) is 0 Å². The summed E-state index contributed by atoms with van der Waals surface area (Å²) in [6.45, 7) is 8.51. The van der Waals surface area contributed by atoms with E-state index in [1.165, 1.54) is 6.20 Å². The van der Waals surface area contributed by atoms with E-state index in [0.29, 0.717) is 35.2 Å². The van der Waals surface area contributed by atoms with Gasteiger partial charge in [-0.3, -0.25) is 4.98 Å². The predicted molar refractivity (Wildman–Crippen MR) is 89.7 cm³/mol. The highest BCUT2D eigenvalue weighted by Crippen LogP contribution is 2.25. The Labute approximate surface area is 136 Å². The predicted octanol–water partition coefficient (Wildman–Crippen LogP) is 3.73. The molecule has 0 fully saturated rings. The Kier molecular flexibility index (Phi) is 5.31. The number of nitrogens with two attached hydrogens (primary N) is 1. The van der Waals surface area contributed by atoms with Gasteiger partial charge in [0, 0.05) is 17.3 Å². The zero-order chi connectivity index (χ0) is 17.0. The van der Waals surface area contributed by atoms with Crippen LogP contribution in [0.3, 0.4) is 0 Å². The molecule has 0 unspecified atom stereocenters. The lowest BCUT2D eigenvalue weighted by Gasteiger charge is -2.27. The Bertz CT molecular complexity index is 671. The minimum absolute atomic E-state index is 0.389. The molecule has 0 saturated heterocycles. The van der Waals surface area contributed by atoms with Gasteiger partial charge in [0.2, 0.25) is 0 Å². The first-order valence-corrected chi connectivity index (χ1v) is 7.78. The Balaban J connectivity index is 2.13. The van der Waals surface area contributed by atoms with E-state index >= 15 is 0 Å². The SMILES string of the molecule is Cc1nc(-c2ccncc2F)ccc1OC[C@@](C)(N)CC(C)C. The van der Waals surface area contributed by atoms with E-state index in [4.69, 9.17) is 10.5 Å². The number of hydrogen-bond donors (Lipinski definition) is 1. The summed E-state index contributed by atoms with van der Waals surface area (Å²) in [6.07, 6.45) is 3.61. The molecule has 0 bridgehead atoms. The molecule has 0 aliphatic heterocycles. The molecule has 0 aromatic carbocycles. The van der Waals surface area contributed by atoms with Crippen LogP contribution >= 0.6 is 0 Å². The summed E-state index contributed by atoms with van der Waals surface area (Å²) in [5.41, 5.74) is 7.56. The highest BCUT2D eigenvalue weighted by Gasteiger charge is 2.21. The van der Waals surface area contributed by atoms with Gasteiger partial charge in [-0.05, 0) is 44.4 Å². The normalized spacial score (nSPS) is 13.9. The zero-order valence-electron chi connectivity index (χ0n) is 14.1. The molecular weight excluding hydrogens is 293 g/mol. The molecule has 2 aromatic rings. The maximum Gasteiger partial charge on any atom is 0.150 e. The van der Waals surface area contributed by atoms with Gasteiger partial charge in [-0.25, -0.2) is 9.37 Å². The van der Waals surface area contributed by atoms with Crippen molar-refractivity contribution in [3.8, 4) is 17.0 Å². The van der Waals surface area contributed by atoms with Crippen LogP contribution in [0.25, 0.3) is 11.3 Å². The lowest BCUT2D eigenvalue weighted by molar-refractivity contribution is 0.205. The quantitative estimate of drug-likeness (QED) is 0.882. The van der Waals surface area contributed by atoms with Crippen LogP contribution in [-0.4, -0.2) is 22.1 Å². The molecule has 0 spiro atoms. The van der Waals surface area contributed by atoms with Crippen molar-refractivity contribution in [2.75, 3.05) is 6.61 Å². The van der Waals surface area contributed by atoms with Gasteiger partial charge in [0.05, 0.1) is 17.6 Å². The summed E-state index contributed by atoms with van der Waals surface area (Å²) in [7, 11) is 0. The number of ether oxygens (including phenoxy) is 1.